The molecule has 112 valence electrons. The van der Waals surface area contributed by atoms with Crippen molar-refractivity contribution < 1.29 is 4.74 Å². The Hall–Kier alpha value is -1.75. The van der Waals surface area contributed by atoms with Gasteiger partial charge in [-0.3, -0.25) is 0 Å². The first-order valence-electron chi connectivity index (χ1n) is 6.92. The smallest absolute Gasteiger partial charge is 0.146 e. The van der Waals surface area contributed by atoms with Crippen LogP contribution in [0.3, 0.4) is 0 Å². The Morgan fingerprint density at radius 3 is 2.86 bits per heavy atom. The summed E-state index contributed by atoms with van der Waals surface area (Å²) in [5.74, 6) is 1.88. The van der Waals surface area contributed by atoms with Crippen molar-refractivity contribution in [3.63, 3.8) is 0 Å². The van der Waals surface area contributed by atoms with Gasteiger partial charge in [0.05, 0.1) is 12.3 Å². The fourth-order valence-electron chi connectivity index (χ4n) is 1.84. The molecule has 2 aromatic rings. The minimum absolute atomic E-state index is 0.489. The third-order valence-electron chi connectivity index (χ3n) is 2.90. The van der Waals surface area contributed by atoms with Crippen molar-refractivity contribution >= 4 is 27.4 Å². The molecule has 0 aliphatic carbocycles. The lowest BCUT2D eigenvalue weighted by atomic mass is 10.2. The lowest BCUT2D eigenvalue weighted by molar-refractivity contribution is 0.269. The Kier molecular flexibility index (Phi) is 5.44. The maximum Gasteiger partial charge on any atom is 0.146 e. The number of nitrogens with one attached hydrogen (secondary N) is 1. The summed E-state index contributed by atoms with van der Waals surface area (Å²) in [5, 5.41) is 3.30. The van der Waals surface area contributed by atoms with Crippen LogP contribution in [0, 0.1) is 5.92 Å². The van der Waals surface area contributed by atoms with Crippen LogP contribution < -0.4 is 15.8 Å². The summed E-state index contributed by atoms with van der Waals surface area (Å²) in [6.07, 6.45) is 1.68. The van der Waals surface area contributed by atoms with Gasteiger partial charge < -0.3 is 15.8 Å². The van der Waals surface area contributed by atoms with Crippen LogP contribution in [0.25, 0.3) is 0 Å². The van der Waals surface area contributed by atoms with Gasteiger partial charge in [0.25, 0.3) is 0 Å². The molecular weight excluding hydrogens is 330 g/mol. The van der Waals surface area contributed by atoms with E-state index in [1.165, 1.54) is 0 Å². The van der Waals surface area contributed by atoms with Crippen LogP contribution in [0.1, 0.15) is 19.4 Å². The highest BCUT2D eigenvalue weighted by Crippen LogP contribution is 2.25. The zero-order valence-electron chi connectivity index (χ0n) is 12.3. The number of pyridine rings is 1. The molecule has 0 fully saturated rings. The van der Waals surface area contributed by atoms with Crippen LogP contribution in [-0.2, 0) is 6.54 Å². The molecule has 0 aliphatic heterocycles. The molecule has 2 rings (SSSR count). The van der Waals surface area contributed by atoms with E-state index < -0.39 is 0 Å². The topological polar surface area (TPSA) is 60.2 Å². The van der Waals surface area contributed by atoms with Gasteiger partial charge in [0.15, 0.2) is 0 Å². The second-order valence-corrected chi connectivity index (χ2v) is 6.16. The van der Waals surface area contributed by atoms with Crippen LogP contribution in [0.5, 0.6) is 5.75 Å². The maximum absolute atomic E-state index is 5.86. The van der Waals surface area contributed by atoms with Crippen molar-refractivity contribution in [2.45, 2.75) is 20.4 Å². The number of nitrogen functional groups attached to an aromatic ring is 1. The molecule has 21 heavy (non-hydrogen) atoms. The summed E-state index contributed by atoms with van der Waals surface area (Å²) in [6.45, 7) is 5.59. The van der Waals surface area contributed by atoms with Crippen LogP contribution in [0.4, 0.5) is 11.5 Å². The van der Waals surface area contributed by atoms with Crippen molar-refractivity contribution in [2.75, 3.05) is 17.7 Å². The molecule has 3 N–H and O–H groups in total. The number of aromatic nitrogens is 1. The molecule has 0 atom stereocenters. The quantitative estimate of drug-likeness (QED) is 0.824. The molecule has 1 aromatic carbocycles. The number of hydrogen-bond donors (Lipinski definition) is 2. The van der Waals surface area contributed by atoms with E-state index >= 15 is 0 Å². The Bertz CT molecular complexity index is 602. The molecular formula is C16H20BrN3O. The van der Waals surface area contributed by atoms with Crippen molar-refractivity contribution in [2.24, 2.45) is 5.92 Å². The first-order valence-corrected chi connectivity index (χ1v) is 7.71. The van der Waals surface area contributed by atoms with E-state index in [4.69, 9.17) is 10.5 Å². The Morgan fingerprint density at radius 2 is 2.14 bits per heavy atom. The minimum Gasteiger partial charge on any atom is -0.493 e. The Balaban J connectivity index is 2.11. The van der Waals surface area contributed by atoms with E-state index in [1.54, 1.807) is 6.20 Å². The predicted molar refractivity (Wildman–Crippen MR) is 90.5 cm³/mol. The number of anilines is 2. The lowest BCUT2D eigenvalue weighted by Crippen LogP contribution is -2.09. The third kappa shape index (κ3) is 4.63. The molecule has 0 amide bonds. The SMILES string of the molecule is CC(C)COc1ccc(Br)cc1CNc1cccnc1N. The minimum atomic E-state index is 0.489. The van der Waals surface area contributed by atoms with E-state index in [2.05, 4.69) is 46.1 Å². The summed E-state index contributed by atoms with van der Waals surface area (Å²) in [7, 11) is 0. The first-order chi connectivity index (χ1) is 10.1. The predicted octanol–water partition coefficient (Wildman–Crippen LogP) is 4.07. The number of nitrogens with two attached hydrogens (primary N) is 1. The molecule has 4 nitrogen and oxygen atoms in total. The van der Waals surface area contributed by atoms with Gasteiger partial charge in [0, 0.05) is 22.8 Å². The number of ether oxygens (including phenoxy) is 1. The van der Waals surface area contributed by atoms with E-state index in [9.17, 15) is 0 Å². The molecule has 0 aliphatic rings. The Labute approximate surface area is 133 Å². The summed E-state index contributed by atoms with van der Waals surface area (Å²) in [4.78, 5) is 4.07. The molecule has 0 radical (unpaired) electrons. The lowest BCUT2D eigenvalue weighted by Gasteiger charge is -2.15. The second-order valence-electron chi connectivity index (χ2n) is 5.25. The number of benzene rings is 1. The van der Waals surface area contributed by atoms with Gasteiger partial charge in [-0.1, -0.05) is 29.8 Å². The highest BCUT2D eigenvalue weighted by Gasteiger charge is 2.07. The van der Waals surface area contributed by atoms with Gasteiger partial charge in [-0.25, -0.2) is 4.98 Å². The van der Waals surface area contributed by atoms with Crippen molar-refractivity contribution in [3.8, 4) is 5.75 Å². The summed E-state index contributed by atoms with van der Waals surface area (Å²) >= 11 is 3.50. The highest BCUT2D eigenvalue weighted by atomic mass is 79.9. The van der Waals surface area contributed by atoms with Crippen molar-refractivity contribution in [1.29, 1.82) is 0 Å². The van der Waals surface area contributed by atoms with E-state index in [-0.39, 0.29) is 0 Å². The van der Waals surface area contributed by atoms with Gasteiger partial charge in [-0.15, -0.1) is 0 Å². The number of hydrogen-bond acceptors (Lipinski definition) is 4. The number of nitrogens with zero attached hydrogens (tertiary/aromatic N) is 1. The summed E-state index contributed by atoms with van der Waals surface area (Å²) in [5.41, 5.74) is 7.74. The van der Waals surface area contributed by atoms with Gasteiger partial charge in [-0.2, -0.15) is 0 Å². The normalized spacial score (nSPS) is 10.7. The Morgan fingerprint density at radius 1 is 1.33 bits per heavy atom. The number of rotatable bonds is 6. The van der Waals surface area contributed by atoms with E-state index in [0.717, 1.165) is 21.5 Å². The molecule has 1 aromatic heterocycles. The molecule has 0 saturated carbocycles. The van der Waals surface area contributed by atoms with Gasteiger partial charge in [-0.05, 0) is 36.2 Å². The summed E-state index contributed by atoms with van der Waals surface area (Å²) < 4.78 is 6.89. The maximum atomic E-state index is 5.86. The fourth-order valence-corrected chi connectivity index (χ4v) is 2.25. The monoisotopic (exact) mass is 349 g/mol. The van der Waals surface area contributed by atoms with Crippen molar-refractivity contribution in [1.82, 2.24) is 4.98 Å². The van der Waals surface area contributed by atoms with Crippen molar-refractivity contribution in [3.05, 3.63) is 46.6 Å². The fraction of sp³-hybridized carbons (Fsp3) is 0.312. The number of halogens is 1. The van der Waals surface area contributed by atoms with E-state index in [0.29, 0.717) is 24.9 Å². The molecule has 5 heteroatoms. The zero-order chi connectivity index (χ0) is 15.2. The molecule has 0 bridgehead atoms. The third-order valence-corrected chi connectivity index (χ3v) is 3.40. The average molecular weight is 350 g/mol. The average Bonchev–Trinajstić information content (AvgIpc) is 2.45. The molecule has 1 heterocycles. The largest absolute Gasteiger partial charge is 0.493 e. The molecule has 0 spiro atoms. The molecule has 0 unspecified atom stereocenters. The highest BCUT2D eigenvalue weighted by molar-refractivity contribution is 9.10. The van der Waals surface area contributed by atoms with Gasteiger partial charge in [0.1, 0.15) is 11.6 Å². The van der Waals surface area contributed by atoms with Crippen LogP contribution in [0.2, 0.25) is 0 Å². The van der Waals surface area contributed by atoms with Crippen LogP contribution in [-0.4, -0.2) is 11.6 Å². The standard InChI is InChI=1S/C16H20BrN3O/c1-11(2)10-21-15-6-5-13(17)8-12(15)9-20-14-4-3-7-19-16(14)18/h3-8,11,20H,9-10H2,1-2H3,(H2,18,19). The molecule has 0 saturated heterocycles. The van der Waals surface area contributed by atoms with Crippen LogP contribution >= 0.6 is 15.9 Å². The zero-order valence-corrected chi connectivity index (χ0v) is 13.9. The summed E-state index contributed by atoms with van der Waals surface area (Å²) in [6, 6.07) is 9.79. The van der Waals surface area contributed by atoms with Gasteiger partial charge in [0.2, 0.25) is 0 Å². The first kappa shape index (κ1) is 15.6. The van der Waals surface area contributed by atoms with Crippen LogP contribution in [0.15, 0.2) is 41.0 Å². The van der Waals surface area contributed by atoms with Gasteiger partial charge >= 0.3 is 0 Å². The van der Waals surface area contributed by atoms with E-state index in [1.807, 2.05) is 24.3 Å². The second kappa shape index (κ2) is 7.31.